The summed E-state index contributed by atoms with van der Waals surface area (Å²) < 4.78 is 5.82. The predicted octanol–water partition coefficient (Wildman–Crippen LogP) is 3.21. The van der Waals surface area contributed by atoms with Crippen LogP contribution in [0, 0.1) is 0 Å². The van der Waals surface area contributed by atoms with Crippen LogP contribution in [0.15, 0.2) is 59.7 Å². The largest absolute Gasteiger partial charge is 0.494 e. The summed E-state index contributed by atoms with van der Waals surface area (Å²) in [6, 6.07) is 15.6. The van der Waals surface area contributed by atoms with Crippen molar-refractivity contribution in [1.29, 1.82) is 0 Å². The minimum Gasteiger partial charge on any atom is -0.494 e. The molecular weight excluding hydrogens is 368 g/mol. The van der Waals surface area contributed by atoms with Gasteiger partial charge in [0, 0.05) is 35.6 Å². The molecule has 0 bridgehead atoms. The molecule has 0 fully saturated rings. The van der Waals surface area contributed by atoms with Crippen LogP contribution in [0.2, 0.25) is 0 Å². The van der Waals surface area contributed by atoms with Crippen LogP contribution < -0.4 is 16.2 Å². The molecule has 152 valence electrons. The number of carboxylic acid groups (broad SMARTS) is 1. The lowest BCUT2D eigenvalue weighted by Gasteiger charge is -2.15. The van der Waals surface area contributed by atoms with Crippen molar-refractivity contribution in [3.05, 3.63) is 65.9 Å². The van der Waals surface area contributed by atoms with Crippen LogP contribution in [-0.2, 0) is 4.79 Å². The van der Waals surface area contributed by atoms with Gasteiger partial charge in [-0.15, -0.1) is 0 Å². The second-order valence-corrected chi connectivity index (χ2v) is 6.87. The maximum atomic E-state index is 11.4. The summed E-state index contributed by atoms with van der Waals surface area (Å²) >= 11 is 0. The second-order valence-electron chi connectivity index (χ2n) is 6.87. The number of guanidine groups is 1. The van der Waals surface area contributed by atoms with Gasteiger partial charge in [0.05, 0.1) is 13.0 Å². The number of fused-ring (bicyclic) bond motifs is 1. The molecule has 6 N–H and O–H groups in total. The van der Waals surface area contributed by atoms with Gasteiger partial charge in [-0.3, -0.25) is 9.79 Å². The van der Waals surface area contributed by atoms with Gasteiger partial charge in [-0.05, 0) is 36.1 Å². The highest BCUT2D eigenvalue weighted by Crippen LogP contribution is 2.34. The summed E-state index contributed by atoms with van der Waals surface area (Å²) in [4.78, 5) is 18.6. The Morgan fingerprint density at radius 1 is 1.14 bits per heavy atom. The lowest BCUT2D eigenvalue weighted by Crippen LogP contribution is -2.23. The molecule has 3 aromatic rings. The van der Waals surface area contributed by atoms with Crippen molar-refractivity contribution >= 4 is 22.8 Å². The molecule has 0 aliphatic carbocycles. The van der Waals surface area contributed by atoms with Crippen LogP contribution in [0.1, 0.15) is 36.3 Å². The van der Waals surface area contributed by atoms with Gasteiger partial charge in [0.15, 0.2) is 5.96 Å². The van der Waals surface area contributed by atoms with E-state index in [1.807, 2.05) is 54.7 Å². The zero-order valence-electron chi connectivity index (χ0n) is 16.2. The predicted molar refractivity (Wildman–Crippen MR) is 114 cm³/mol. The molecule has 7 heteroatoms. The minimum atomic E-state index is -0.825. The standard InChI is InChI=1S/C22H26N4O3/c23-22(24)25-10-4-5-11-29-16-8-9-17-19(14-26-20(17)12-16)18(13-21(27)28)15-6-2-1-3-7-15/h1-3,6-9,12,14,18,26H,4-5,10-11,13H2,(H,27,28)(H4,23,24,25). The second kappa shape index (κ2) is 9.64. The fourth-order valence-corrected chi connectivity index (χ4v) is 3.39. The molecule has 0 aliphatic heterocycles. The Hall–Kier alpha value is -3.48. The first-order valence-electron chi connectivity index (χ1n) is 9.60. The van der Waals surface area contributed by atoms with E-state index >= 15 is 0 Å². The van der Waals surface area contributed by atoms with Gasteiger partial charge in [0.1, 0.15) is 5.75 Å². The monoisotopic (exact) mass is 394 g/mol. The zero-order valence-corrected chi connectivity index (χ0v) is 16.2. The Morgan fingerprint density at radius 3 is 2.66 bits per heavy atom. The van der Waals surface area contributed by atoms with Crippen LogP contribution in [0.4, 0.5) is 0 Å². The van der Waals surface area contributed by atoms with Crippen LogP contribution in [0.25, 0.3) is 10.9 Å². The van der Waals surface area contributed by atoms with E-state index in [1.165, 1.54) is 0 Å². The molecule has 1 aromatic heterocycles. The Labute approximate surface area is 169 Å². The van der Waals surface area contributed by atoms with E-state index in [9.17, 15) is 9.90 Å². The third-order valence-corrected chi connectivity index (χ3v) is 4.76. The molecule has 0 spiro atoms. The fourth-order valence-electron chi connectivity index (χ4n) is 3.39. The van der Waals surface area contributed by atoms with Gasteiger partial charge >= 0.3 is 5.97 Å². The fraction of sp³-hybridized carbons (Fsp3) is 0.273. The van der Waals surface area contributed by atoms with E-state index in [-0.39, 0.29) is 18.3 Å². The van der Waals surface area contributed by atoms with Gasteiger partial charge in [-0.2, -0.15) is 0 Å². The normalized spacial score (nSPS) is 11.9. The number of nitrogens with two attached hydrogens (primary N) is 2. The van der Waals surface area contributed by atoms with Crippen LogP contribution in [0.3, 0.4) is 0 Å². The molecule has 0 aliphatic rings. The number of aromatic amines is 1. The van der Waals surface area contributed by atoms with E-state index in [4.69, 9.17) is 16.2 Å². The molecule has 1 atom stereocenters. The third-order valence-electron chi connectivity index (χ3n) is 4.76. The van der Waals surface area contributed by atoms with Crippen molar-refractivity contribution in [2.75, 3.05) is 13.2 Å². The van der Waals surface area contributed by atoms with Crippen molar-refractivity contribution in [2.45, 2.75) is 25.2 Å². The average molecular weight is 394 g/mol. The first kappa shape index (κ1) is 20.3. The van der Waals surface area contributed by atoms with Crippen molar-refractivity contribution in [3.63, 3.8) is 0 Å². The van der Waals surface area contributed by atoms with Gasteiger partial charge in [-0.25, -0.2) is 0 Å². The number of hydrogen-bond acceptors (Lipinski definition) is 3. The molecule has 2 aromatic carbocycles. The first-order chi connectivity index (χ1) is 14.0. The number of aliphatic imine (C=N–C) groups is 1. The quantitative estimate of drug-likeness (QED) is 0.239. The lowest BCUT2D eigenvalue weighted by atomic mass is 9.88. The molecule has 29 heavy (non-hydrogen) atoms. The van der Waals surface area contributed by atoms with E-state index < -0.39 is 5.97 Å². The Balaban J connectivity index is 1.72. The summed E-state index contributed by atoms with van der Waals surface area (Å²) in [5.41, 5.74) is 13.5. The number of aromatic nitrogens is 1. The number of hydrogen-bond donors (Lipinski definition) is 4. The van der Waals surface area contributed by atoms with E-state index in [0.717, 1.165) is 40.6 Å². The van der Waals surface area contributed by atoms with Crippen molar-refractivity contribution < 1.29 is 14.6 Å². The van der Waals surface area contributed by atoms with Crippen molar-refractivity contribution in [3.8, 4) is 5.75 Å². The molecule has 1 unspecified atom stereocenters. The third kappa shape index (κ3) is 5.51. The minimum absolute atomic E-state index is 0.0328. The van der Waals surface area contributed by atoms with Crippen LogP contribution >= 0.6 is 0 Å². The Bertz CT molecular complexity index is 978. The van der Waals surface area contributed by atoms with E-state index in [1.54, 1.807) is 0 Å². The van der Waals surface area contributed by atoms with Crippen LogP contribution in [0.5, 0.6) is 5.75 Å². The van der Waals surface area contributed by atoms with Gasteiger partial charge < -0.3 is 26.3 Å². The number of carboxylic acids is 1. The number of nitrogens with one attached hydrogen (secondary N) is 1. The molecule has 3 rings (SSSR count). The van der Waals surface area contributed by atoms with Gasteiger partial charge in [-0.1, -0.05) is 30.3 Å². The highest BCUT2D eigenvalue weighted by atomic mass is 16.5. The summed E-state index contributed by atoms with van der Waals surface area (Å²) in [5.74, 6) is -0.170. The molecule has 0 amide bonds. The molecule has 0 saturated carbocycles. The number of benzene rings is 2. The van der Waals surface area contributed by atoms with Crippen molar-refractivity contribution in [2.24, 2.45) is 16.5 Å². The maximum Gasteiger partial charge on any atom is 0.304 e. The number of aliphatic carboxylic acids is 1. The van der Waals surface area contributed by atoms with E-state index in [0.29, 0.717) is 13.2 Å². The molecule has 7 nitrogen and oxygen atoms in total. The number of unbranched alkanes of at least 4 members (excludes halogenated alkanes) is 1. The van der Waals surface area contributed by atoms with E-state index in [2.05, 4.69) is 9.98 Å². The van der Waals surface area contributed by atoms with Crippen molar-refractivity contribution in [1.82, 2.24) is 4.98 Å². The Kier molecular flexibility index (Phi) is 6.73. The summed E-state index contributed by atoms with van der Waals surface area (Å²) in [6.07, 6.45) is 3.62. The summed E-state index contributed by atoms with van der Waals surface area (Å²) in [5, 5.41) is 10.4. The highest BCUT2D eigenvalue weighted by molar-refractivity contribution is 5.86. The first-order valence-corrected chi connectivity index (χ1v) is 9.60. The molecule has 0 radical (unpaired) electrons. The lowest BCUT2D eigenvalue weighted by molar-refractivity contribution is -0.137. The highest BCUT2D eigenvalue weighted by Gasteiger charge is 2.21. The summed E-state index contributed by atoms with van der Waals surface area (Å²) in [6.45, 7) is 1.17. The smallest absolute Gasteiger partial charge is 0.304 e. The summed E-state index contributed by atoms with van der Waals surface area (Å²) in [7, 11) is 0. The van der Waals surface area contributed by atoms with Gasteiger partial charge in [0.2, 0.25) is 0 Å². The van der Waals surface area contributed by atoms with Crippen LogP contribution in [-0.4, -0.2) is 35.2 Å². The number of H-pyrrole nitrogens is 1. The number of carbonyl (C=O) groups is 1. The molecule has 1 heterocycles. The average Bonchev–Trinajstić information content (AvgIpc) is 3.12. The number of rotatable bonds is 10. The topological polar surface area (TPSA) is 127 Å². The number of nitrogens with zero attached hydrogens (tertiary/aromatic N) is 1. The zero-order chi connectivity index (χ0) is 20.6. The molecular formula is C22H26N4O3. The SMILES string of the molecule is NC(N)=NCCCCOc1ccc2c(C(CC(=O)O)c3ccccc3)c[nH]c2c1. The maximum absolute atomic E-state index is 11.4. The van der Waals surface area contributed by atoms with Gasteiger partial charge in [0.25, 0.3) is 0 Å². The number of ether oxygens (including phenoxy) is 1. The molecule has 0 saturated heterocycles. The Morgan fingerprint density at radius 2 is 1.93 bits per heavy atom.